The van der Waals surface area contributed by atoms with Gasteiger partial charge < -0.3 is 10.8 Å². The van der Waals surface area contributed by atoms with E-state index >= 15 is 0 Å². The molecule has 0 spiro atoms. The zero-order chi connectivity index (χ0) is 15.9. The van der Waals surface area contributed by atoms with E-state index in [-0.39, 0.29) is 0 Å². The number of aliphatic carboxylic acids is 1. The van der Waals surface area contributed by atoms with Crippen molar-refractivity contribution in [3.05, 3.63) is 77.4 Å². The quantitative estimate of drug-likeness (QED) is 0.857. The van der Waals surface area contributed by atoms with Crippen molar-refractivity contribution in [1.82, 2.24) is 0 Å². The highest BCUT2D eigenvalue weighted by Crippen LogP contribution is 2.24. The van der Waals surface area contributed by atoms with Crippen LogP contribution in [0.4, 0.5) is 0 Å². The highest BCUT2D eigenvalue weighted by atomic mass is 16.4. The van der Waals surface area contributed by atoms with Crippen LogP contribution in [0.2, 0.25) is 0 Å². The van der Waals surface area contributed by atoms with Crippen molar-refractivity contribution in [2.75, 3.05) is 0 Å². The first kappa shape index (κ1) is 16.0. The fourth-order valence-electron chi connectivity index (χ4n) is 2.39. The number of hydrogen-bond donors (Lipinski definition) is 2. The first-order valence-corrected chi connectivity index (χ1v) is 7.45. The van der Waals surface area contributed by atoms with Crippen molar-refractivity contribution in [3.8, 4) is 0 Å². The maximum atomic E-state index is 10.8. The van der Waals surface area contributed by atoms with Gasteiger partial charge in [0.25, 0.3) is 0 Å². The summed E-state index contributed by atoms with van der Waals surface area (Å²) in [5.74, 6) is -0.972. The van der Waals surface area contributed by atoms with Gasteiger partial charge in [-0.3, -0.25) is 4.79 Å². The molecule has 3 nitrogen and oxygen atoms in total. The predicted molar refractivity (Wildman–Crippen MR) is 89.6 cm³/mol. The first-order valence-electron chi connectivity index (χ1n) is 7.45. The Bertz CT molecular complexity index is 645. The number of benzene rings is 2. The number of nitrogens with two attached hydrogens (primary N) is 1. The third-order valence-electron chi connectivity index (χ3n) is 3.53. The molecule has 22 heavy (non-hydrogen) atoms. The Morgan fingerprint density at radius 3 is 2.23 bits per heavy atom. The van der Waals surface area contributed by atoms with E-state index in [9.17, 15) is 4.79 Å². The maximum absolute atomic E-state index is 10.8. The summed E-state index contributed by atoms with van der Waals surface area (Å²) < 4.78 is 0. The fourth-order valence-corrected chi connectivity index (χ4v) is 2.39. The average Bonchev–Trinajstić information content (AvgIpc) is 2.54. The van der Waals surface area contributed by atoms with Crippen LogP contribution in [-0.2, 0) is 11.2 Å². The Balaban J connectivity index is 2.24. The van der Waals surface area contributed by atoms with Crippen LogP contribution in [0, 0.1) is 0 Å². The second-order valence-corrected chi connectivity index (χ2v) is 5.24. The van der Waals surface area contributed by atoms with Crippen LogP contribution >= 0.6 is 0 Å². The smallest absolute Gasteiger partial charge is 0.320 e. The van der Waals surface area contributed by atoms with Gasteiger partial charge in [0, 0.05) is 0 Å². The minimum atomic E-state index is -0.972. The summed E-state index contributed by atoms with van der Waals surface area (Å²) >= 11 is 0. The Labute approximate surface area is 131 Å². The molecule has 114 valence electrons. The third kappa shape index (κ3) is 4.06. The van der Waals surface area contributed by atoms with Crippen LogP contribution in [0.5, 0.6) is 0 Å². The second kappa shape index (κ2) is 7.57. The molecule has 3 heteroatoms. The molecule has 0 heterocycles. The van der Waals surface area contributed by atoms with Crippen LogP contribution in [-0.4, -0.2) is 17.1 Å². The molecular formula is C19H21NO2. The lowest BCUT2D eigenvalue weighted by molar-refractivity contribution is -0.138. The van der Waals surface area contributed by atoms with E-state index in [2.05, 4.69) is 25.1 Å². The van der Waals surface area contributed by atoms with Crippen LogP contribution < -0.4 is 5.73 Å². The van der Waals surface area contributed by atoms with E-state index in [0.29, 0.717) is 6.42 Å². The SMILES string of the molecule is CCC=C(c1ccccc1)c1ccc(CC(N)C(=O)O)cc1. The van der Waals surface area contributed by atoms with Gasteiger partial charge >= 0.3 is 5.97 Å². The molecule has 2 aromatic carbocycles. The van der Waals surface area contributed by atoms with Crippen molar-refractivity contribution >= 4 is 11.5 Å². The Hall–Kier alpha value is -2.39. The van der Waals surface area contributed by atoms with E-state index in [1.807, 2.05) is 42.5 Å². The minimum Gasteiger partial charge on any atom is -0.480 e. The number of carboxylic acid groups (broad SMARTS) is 1. The van der Waals surface area contributed by atoms with Crippen LogP contribution in [0.1, 0.15) is 30.0 Å². The molecule has 0 aliphatic heterocycles. The van der Waals surface area contributed by atoms with E-state index in [4.69, 9.17) is 10.8 Å². The summed E-state index contributed by atoms with van der Waals surface area (Å²) in [5.41, 5.74) is 10.0. The van der Waals surface area contributed by atoms with Gasteiger partial charge in [0.05, 0.1) is 0 Å². The fraction of sp³-hybridized carbons (Fsp3) is 0.211. The number of carboxylic acids is 1. The predicted octanol–water partition coefficient (Wildman–Crippen LogP) is 3.48. The summed E-state index contributed by atoms with van der Waals surface area (Å²) in [6, 6.07) is 17.3. The molecule has 1 unspecified atom stereocenters. The zero-order valence-electron chi connectivity index (χ0n) is 12.7. The molecule has 0 amide bonds. The zero-order valence-corrected chi connectivity index (χ0v) is 12.7. The van der Waals surface area contributed by atoms with Crippen molar-refractivity contribution in [3.63, 3.8) is 0 Å². The summed E-state index contributed by atoms with van der Waals surface area (Å²) in [6.07, 6.45) is 3.50. The molecule has 0 bridgehead atoms. The number of hydrogen-bond acceptors (Lipinski definition) is 2. The standard InChI is InChI=1S/C19H21NO2/c1-2-6-17(15-7-4-3-5-8-15)16-11-9-14(10-12-16)13-18(20)19(21)22/h3-12,18H,2,13,20H2,1H3,(H,21,22). The molecule has 0 aromatic heterocycles. The summed E-state index contributed by atoms with van der Waals surface area (Å²) in [7, 11) is 0. The Morgan fingerprint density at radius 2 is 1.68 bits per heavy atom. The van der Waals surface area contributed by atoms with Crippen molar-refractivity contribution < 1.29 is 9.90 Å². The third-order valence-corrected chi connectivity index (χ3v) is 3.53. The maximum Gasteiger partial charge on any atom is 0.320 e. The highest BCUT2D eigenvalue weighted by Gasteiger charge is 2.12. The van der Waals surface area contributed by atoms with E-state index in [0.717, 1.165) is 17.5 Å². The number of rotatable bonds is 6. The molecule has 2 aromatic rings. The molecule has 0 fully saturated rings. The van der Waals surface area contributed by atoms with Crippen LogP contribution in [0.3, 0.4) is 0 Å². The minimum absolute atomic E-state index is 0.341. The molecule has 0 aliphatic carbocycles. The molecule has 0 saturated heterocycles. The molecule has 0 radical (unpaired) electrons. The second-order valence-electron chi connectivity index (χ2n) is 5.24. The van der Waals surface area contributed by atoms with Gasteiger partial charge in [-0.05, 0) is 35.1 Å². The van der Waals surface area contributed by atoms with Gasteiger partial charge in [-0.25, -0.2) is 0 Å². The normalized spacial score (nSPS) is 12.9. The molecule has 2 rings (SSSR count). The van der Waals surface area contributed by atoms with Crippen molar-refractivity contribution in [1.29, 1.82) is 0 Å². The Morgan fingerprint density at radius 1 is 1.09 bits per heavy atom. The van der Waals surface area contributed by atoms with Gasteiger partial charge in [-0.15, -0.1) is 0 Å². The summed E-state index contributed by atoms with van der Waals surface area (Å²) in [5, 5.41) is 8.87. The Kier molecular flexibility index (Phi) is 5.50. The van der Waals surface area contributed by atoms with E-state index in [1.54, 1.807) is 0 Å². The van der Waals surface area contributed by atoms with Crippen molar-refractivity contribution in [2.24, 2.45) is 5.73 Å². The molecule has 0 aliphatic rings. The molecule has 0 saturated carbocycles. The topological polar surface area (TPSA) is 63.3 Å². The van der Waals surface area contributed by atoms with Gasteiger partial charge in [-0.2, -0.15) is 0 Å². The summed E-state index contributed by atoms with van der Waals surface area (Å²) in [6.45, 7) is 2.11. The van der Waals surface area contributed by atoms with Gasteiger partial charge in [0.1, 0.15) is 6.04 Å². The number of allylic oxidation sites excluding steroid dienone is 1. The summed E-state index contributed by atoms with van der Waals surface area (Å²) in [4.78, 5) is 10.8. The molecule has 1 atom stereocenters. The number of carbonyl (C=O) groups is 1. The van der Waals surface area contributed by atoms with Crippen LogP contribution in [0.25, 0.3) is 5.57 Å². The van der Waals surface area contributed by atoms with E-state index < -0.39 is 12.0 Å². The lowest BCUT2D eigenvalue weighted by Gasteiger charge is -2.11. The van der Waals surface area contributed by atoms with Gasteiger partial charge in [-0.1, -0.05) is 67.6 Å². The lowest BCUT2D eigenvalue weighted by Crippen LogP contribution is -2.32. The van der Waals surface area contributed by atoms with Crippen molar-refractivity contribution in [2.45, 2.75) is 25.8 Å². The van der Waals surface area contributed by atoms with Crippen LogP contribution in [0.15, 0.2) is 60.7 Å². The average molecular weight is 295 g/mol. The molecule has 3 N–H and O–H groups in total. The van der Waals surface area contributed by atoms with Gasteiger partial charge in [0.15, 0.2) is 0 Å². The van der Waals surface area contributed by atoms with Gasteiger partial charge in [0.2, 0.25) is 0 Å². The monoisotopic (exact) mass is 295 g/mol. The first-order chi connectivity index (χ1) is 10.6. The largest absolute Gasteiger partial charge is 0.480 e. The lowest BCUT2D eigenvalue weighted by atomic mass is 9.95. The molecular weight excluding hydrogens is 274 g/mol. The van der Waals surface area contributed by atoms with E-state index in [1.165, 1.54) is 11.1 Å². The highest BCUT2D eigenvalue weighted by molar-refractivity contribution is 5.80.